The van der Waals surface area contributed by atoms with Crippen molar-refractivity contribution in [2.45, 2.75) is 31.2 Å². The number of nitrogens with one attached hydrogen (secondary N) is 1. The van der Waals surface area contributed by atoms with E-state index in [2.05, 4.69) is 17.1 Å². The topological polar surface area (TPSA) is 92.4 Å². The molecule has 1 aliphatic rings. The van der Waals surface area contributed by atoms with Gasteiger partial charge in [0.1, 0.15) is 11.8 Å². The van der Waals surface area contributed by atoms with Gasteiger partial charge in [0.05, 0.1) is 0 Å². The fraction of sp³-hybridized carbons (Fsp3) is 0.417. The third kappa shape index (κ3) is 2.77. The number of amides is 1. The minimum Gasteiger partial charge on any atom is -0.480 e. The van der Waals surface area contributed by atoms with Crippen LogP contribution in [-0.2, 0) is 4.79 Å². The summed E-state index contributed by atoms with van der Waals surface area (Å²) >= 11 is 0. The molecular weight excluding hydrogens is 236 g/mol. The molecule has 1 fully saturated rings. The van der Waals surface area contributed by atoms with Gasteiger partial charge in [0, 0.05) is 12.0 Å². The van der Waals surface area contributed by atoms with Crippen molar-refractivity contribution < 1.29 is 19.2 Å². The molecule has 1 unspecified atom stereocenters. The summed E-state index contributed by atoms with van der Waals surface area (Å²) in [6.45, 7) is 3.45. The second-order valence-electron chi connectivity index (χ2n) is 4.28. The normalized spacial score (nSPS) is 16.0. The number of carbonyl (C=O) groups is 2. The smallest absolute Gasteiger partial charge is 0.326 e. The Balaban J connectivity index is 2.00. The minimum atomic E-state index is -1.10. The zero-order chi connectivity index (χ0) is 13.1. The molecule has 1 amide bonds. The molecule has 0 aromatic carbocycles. The van der Waals surface area contributed by atoms with Crippen molar-refractivity contribution in [1.82, 2.24) is 10.5 Å². The van der Waals surface area contributed by atoms with Crippen molar-refractivity contribution in [3.8, 4) is 0 Å². The Kier molecular flexibility index (Phi) is 3.45. The van der Waals surface area contributed by atoms with Crippen LogP contribution in [0.1, 0.15) is 41.4 Å². The van der Waals surface area contributed by atoms with Gasteiger partial charge in [-0.3, -0.25) is 4.79 Å². The van der Waals surface area contributed by atoms with Crippen molar-refractivity contribution in [2.24, 2.45) is 0 Å². The predicted octanol–water partition coefficient (Wildman–Crippen LogP) is 1.31. The molecule has 1 atom stereocenters. The molecule has 1 heterocycles. The third-order valence-electron chi connectivity index (χ3n) is 2.75. The van der Waals surface area contributed by atoms with E-state index < -0.39 is 17.9 Å². The van der Waals surface area contributed by atoms with Gasteiger partial charge in [-0.15, -0.1) is 6.58 Å². The van der Waals surface area contributed by atoms with Crippen molar-refractivity contribution >= 4 is 11.9 Å². The Bertz CT molecular complexity index is 476. The molecule has 18 heavy (non-hydrogen) atoms. The van der Waals surface area contributed by atoms with Crippen LogP contribution in [0.25, 0.3) is 0 Å². The highest BCUT2D eigenvalue weighted by atomic mass is 16.5. The SMILES string of the molecule is C=CCC(NC(=O)c1cc(C2CC2)on1)C(=O)O. The van der Waals surface area contributed by atoms with Crippen LogP contribution in [0.3, 0.4) is 0 Å². The van der Waals surface area contributed by atoms with Crippen molar-refractivity contribution in [2.75, 3.05) is 0 Å². The van der Waals surface area contributed by atoms with E-state index in [1.807, 2.05) is 0 Å². The highest BCUT2D eigenvalue weighted by Gasteiger charge is 2.29. The summed E-state index contributed by atoms with van der Waals surface area (Å²) in [7, 11) is 0. The first-order valence-corrected chi connectivity index (χ1v) is 5.73. The highest BCUT2D eigenvalue weighted by molar-refractivity contribution is 5.94. The largest absolute Gasteiger partial charge is 0.480 e. The van der Waals surface area contributed by atoms with Gasteiger partial charge in [-0.25, -0.2) is 4.79 Å². The molecule has 96 valence electrons. The fourth-order valence-electron chi connectivity index (χ4n) is 1.58. The zero-order valence-electron chi connectivity index (χ0n) is 9.76. The average molecular weight is 250 g/mol. The lowest BCUT2D eigenvalue weighted by Gasteiger charge is -2.10. The minimum absolute atomic E-state index is 0.118. The van der Waals surface area contributed by atoms with Crippen LogP contribution in [-0.4, -0.2) is 28.2 Å². The predicted molar refractivity (Wildman–Crippen MR) is 62.2 cm³/mol. The maximum atomic E-state index is 11.8. The Hall–Kier alpha value is -2.11. The van der Waals surface area contributed by atoms with Gasteiger partial charge in [0.2, 0.25) is 0 Å². The molecule has 1 aliphatic carbocycles. The van der Waals surface area contributed by atoms with Crippen molar-refractivity contribution in [1.29, 1.82) is 0 Å². The molecule has 0 spiro atoms. The summed E-state index contributed by atoms with van der Waals surface area (Å²) in [5.74, 6) is -0.590. The number of aromatic nitrogens is 1. The van der Waals surface area contributed by atoms with E-state index in [0.29, 0.717) is 11.7 Å². The molecule has 2 N–H and O–H groups in total. The third-order valence-corrected chi connectivity index (χ3v) is 2.75. The summed E-state index contributed by atoms with van der Waals surface area (Å²) in [4.78, 5) is 22.6. The maximum absolute atomic E-state index is 11.8. The van der Waals surface area contributed by atoms with Gasteiger partial charge in [0.25, 0.3) is 5.91 Å². The van der Waals surface area contributed by atoms with Gasteiger partial charge >= 0.3 is 5.97 Å². The highest BCUT2D eigenvalue weighted by Crippen LogP contribution is 2.40. The Morgan fingerprint density at radius 2 is 2.39 bits per heavy atom. The Morgan fingerprint density at radius 3 is 2.94 bits per heavy atom. The van der Waals surface area contributed by atoms with Crippen LogP contribution in [0.5, 0.6) is 0 Å². The zero-order valence-corrected chi connectivity index (χ0v) is 9.76. The number of hydrogen-bond donors (Lipinski definition) is 2. The van der Waals surface area contributed by atoms with Gasteiger partial charge in [-0.05, 0) is 19.3 Å². The summed E-state index contributed by atoms with van der Waals surface area (Å²) in [5, 5.41) is 14.9. The molecule has 1 aromatic rings. The molecule has 0 saturated heterocycles. The van der Waals surface area contributed by atoms with Gasteiger partial charge in [-0.1, -0.05) is 11.2 Å². The quantitative estimate of drug-likeness (QED) is 0.742. The maximum Gasteiger partial charge on any atom is 0.326 e. The second-order valence-corrected chi connectivity index (χ2v) is 4.28. The molecule has 0 radical (unpaired) electrons. The monoisotopic (exact) mass is 250 g/mol. The van der Waals surface area contributed by atoms with Crippen molar-refractivity contribution in [3.63, 3.8) is 0 Å². The number of aliphatic carboxylic acids is 1. The number of rotatable bonds is 6. The molecule has 1 saturated carbocycles. The molecule has 1 aromatic heterocycles. The number of carboxylic acid groups (broad SMARTS) is 1. The van der Waals surface area contributed by atoms with Gasteiger partial charge in [-0.2, -0.15) is 0 Å². The second kappa shape index (κ2) is 5.03. The average Bonchev–Trinajstić information content (AvgIpc) is 3.06. The summed E-state index contributed by atoms with van der Waals surface area (Å²) in [5.41, 5.74) is 0.118. The Morgan fingerprint density at radius 1 is 1.67 bits per heavy atom. The van der Waals surface area contributed by atoms with Crippen LogP contribution in [0.15, 0.2) is 23.2 Å². The van der Waals surface area contributed by atoms with Crippen LogP contribution in [0.2, 0.25) is 0 Å². The van der Waals surface area contributed by atoms with E-state index in [9.17, 15) is 9.59 Å². The summed E-state index contributed by atoms with van der Waals surface area (Å²) in [6, 6.07) is 0.580. The molecule has 0 bridgehead atoms. The number of hydrogen-bond acceptors (Lipinski definition) is 4. The van der Waals surface area contributed by atoms with E-state index in [1.165, 1.54) is 6.08 Å². The van der Waals surface area contributed by atoms with Crippen molar-refractivity contribution in [3.05, 3.63) is 30.2 Å². The van der Waals surface area contributed by atoms with Crippen LogP contribution in [0.4, 0.5) is 0 Å². The van der Waals surface area contributed by atoms with Crippen LogP contribution < -0.4 is 5.32 Å². The molecule has 2 rings (SSSR count). The van der Waals surface area contributed by atoms with Crippen LogP contribution in [0, 0.1) is 0 Å². The lowest BCUT2D eigenvalue weighted by Crippen LogP contribution is -2.40. The summed E-state index contributed by atoms with van der Waals surface area (Å²) in [6.07, 6.45) is 3.70. The van der Waals surface area contributed by atoms with Crippen LogP contribution >= 0.6 is 0 Å². The summed E-state index contributed by atoms with van der Waals surface area (Å²) < 4.78 is 5.03. The molecule has 6 heteroatoms. The van der Waals surface area contributed by atoms with E-state index in [1.54, 1.807) is 6.07 Å². The van der Waals surface area contributed by atoms with Gasteiger partial charge in [0.15, 0.2) is 5.69 Å². The standard InChI is InChI=1S/C12H14N2O4/c1-2-3-8(12(16)17)13-11(15)9-6-10(18-14-9)7-4-5-7/h2,6-8H,1,3-5H2,(H,13,15)(H,16,17). The van der Waals surface area contributed by atoms with E-state index >= 15 is 0 Å². The lowest BCUT2D eigenvalue weighted by atomic mass is 10.2. The van der Waals surface area contributed by atoms with E-state index in [0.717, 1.165) is 12.8 Å². The molecule has 6 nitrogen and oxygen atoms in total. The van der Waals surface area contributed by atoms with E-state index in [-0.39, 0.29) is 12.1 Å². The molecule has 0 aliphatic heterocycles. The first kappa shape index (κ1) is 12.3. The first-order chi connectivity index (χ1) is 8.61. The number of carbonyl (C=O) groups excluding carboxylic acids is 1. The molecular formula is C12H14N2O4. The lowest BCUT2D eigenvalue weighted by molar-refractivity contribution is -0.139. The Labute approximate surface area is 104 Å². The number of nitrogens with zero attached hydrogens (tertiary/aromatic N) is 1. The fourth-order valence-corrected chi connectivity index (χ4v) is 1.58. The first-order valence-electron chi connectivity index (χ1n) is 5.73. The number of carboxylic acids is 1. The van der Waals surface area contributed by atoms with Gasteiger partial charge < -0.3 is 14.9 Å². The van der Waals surface area contributed by atoms with E-state index in [4.69, 9.17) is 9.63 Å².